The van der Waals surface area contributed by atoms with Crippen molar-refractivity contribution in [3.63, 3.8) is 0 Å². The number of ether oxygens (including phenoxy) is 1. The molecule has 0 saturated carbocycles. The molecule has 0 bridgehead atoms. The number of aromatic nitrogens is 1. The van der Waals surface area contributed by atoms with E-state index in [1.807, 2.05) is 19.1 Å². The standard InChI is InChI=1S/C14H15NO3/c1-4-18-14(17)12-9(3)15-13(16)10-6-5-8(2)7-11(10)12/h5-7H,4H2,1-3H3,(H,15,16). The predicted molar refractivity (Wildman–Crippen MR) is 70.0 cm³/mol. The van der Waals surface area contributed by atoms with Gasteiger partial charge in [-0.3, -0.25) is 4.79 Å². The monoisotopic (exact) mass is 245 g/mol. The second-order valence-corrected chi connectivity index (χ2v) is 4.22. The van der Waals surface area contributed by atoms with Gasteiger partial charge in [0.15, 0.2) is 0 Å². The average Bonchev–Trinajstić information content (AvgIpc) is 2.28. The first-order chi connectivity index (χ1) is 8.54. The van der Waals surface area contributed by atoms with Gasteiger partial charge in [-0.25, -0.2) is 4.79 Å². The van der Waals surface area contributed by atoms with E-state index in [-0.39, 0.29) is 5.56 Å². The lowest BCUT2D eigenvalue weighted by Gasteiger charge is -2.09. The van der Waals surface area contributed by atoms with Gasteiger partial charge in [0, 0.05) is 16.5 Å². The summed E-state index contributed by atoms with van der Waals surface area (Å²) in [6, 6.07) is 5.41. The molecule has 0 atom stereocenters. The van der Waals surface area contributed by atoms with Gasteiger partial charge in [0.25, 0.3) is 5.56 Å². The van der Waals surface area contributed by atoms with Gasteiger partial charge in [0.05, 0.1) is 12.2 Å². The largest absolute Gasteiger partial charge is 0.462 e. The van der Waals surface area contributed by atoms with Gasteiger partial charge in [-0.05, 0) is 26.8 Å². The van der Waals surface area contributed by atoms with Gasteiger partial charge in [0.1, 0.15) is 0 Å². The Hall–Kier alpha value is -2.10. The molecule has 18 heavy (non-hydrogen) atoms. The number of H-pyrrole nitrogens is 1. The molecule has 2 aromatic rings. The molecule has 0 unspecified atom stereocenters. The van der Waals surface area contributed by atoms with E-state index in [2.05, 4.69) is 4.98 Å². The molecule has 1 N–H and O–H groups in total. The molecule has 1 aromatic heterocycles. The quantitative estimate of drug-likeness (QED) is 0.826. The molecule has 0 aliphatic carbocycles. The van der Waals surface area contributed by atoms with Gasteiger partial charge in [-0.1, -0.05) is 17.7 Å². The topological polar surface area (TPSA) is 59.2 Å². The molecule has 1 heterocycles. The van der Waals surface area contributed by atoms with Crippen molar-refractivity contribution < 1.29 is 9.53 Å². The number of carbonyl (C=O) groups is 1. The molecule has 94 valence electrons. The Kier molecular flexibility index (Phi) is 3.19. The molecule has 0 amide bonds. The third kappa shape index (κ3) is 2.01. The molecule has 0 radical (unpaired) electrons. The molecule has 0 fully saturated rings. The fourth-order valence-corrected chi connectivity index (χ4v) is 2.03. The number of aromatic amines is 1. The van der Waals surface area contributed by atoms with Gasteiger partial charge in [0.2, 0.25) is 0 Å². The second kappa shape index (κ2) is 4.64. The van der Waals surface area contributed by atoms with Crippen LogP contribution >= 0.6 is 0 Å². The smallest absolute Gasteiger partial charge is 0.340 e. The minimum absolute atomic E-state index is 0.185. The van der Waals surface area contributed by atoms with E-state index in [0.29, 0.717) is 28.6 Å². The zero-order valence-electron chi connectivity index (χ0n) is 10.7. The third-order valence-electron chi connectivity index (χ3n) is 2.84. The minimum atomic E-state index is -0.401. The number of fused-ring (bicyclic) bond motifs is 1. The highest BCUT2D eigenvalue weighted by Crippen LogP contribution is 2.20. The van der Waals surface area contributed by atoms with Gasteiger partial charge >= 0.3 is 5.97 Å². The van der Waals surface area contributed by atoms with Crippen molar-refractivity contribution in [1.82, 2.24) is 4.98 Å². The lowest BCUT2D eigenvalue weighted by molar-refractivity contribution is 0.0527. The van der Waals surface area contributed by atoms with Crippen molar-refractivity contribution in [2.45, 2.75) is 20.8 Å². The summed E-state index contributed by atoms with van der Waals surface area (Å²) in [6.07, 6.45) is 0. The highest BCUT2D eigenvalue weighted by Gasteiger charge is 2.16. The van der Waals surface area contributed by atoms with E-state index in [4.69, 9.17) is 4.74 Å². The fraction of sp³-hybridized carbons (Fsp3) is 0.286. The lowest BCUT2D eigenvalue weighted by Crippen LogP contribution is -2.16. The second-order valence-electron chi connectivity index (χ2n) is 4.22. The summed E-state index contributed by atoms with van der Waals surface area (Å²) in [5, 5.41) is 1.16. The van der Waals surface area contributed by atoms with Crippen molar-refractivity contribution in [3.8, 4) is 0 Å². The van der Waals surface area contributed by atoms with E-state index in [1.165, 1.54) is 0 Å². The molecule has 4 heteroatoms. The van der Waals surface area contributed by atoms with E-state index < -0.39 is 5.97 Å². The van der Waals surface area contributed by atoms with Crippen LogP contribution in [0.25, 0.3) is 10.8 Å². The highest BCUT2D eigenvalue weighted by molar-refractivity contribution is 6.05. The summed E-state index contributed by atoms with van der Waals surface area (Å²) in [5.74, 6) is -0.401. The Balaban J connectivity index is 2.82. The van der Waals surface area contributed by atoms with Crippen LogP contribution in [0.2, 0.25) is 0 Å². The Morgan fingerprint density at radius 1 is 1.28 bits per heavy atom. The molecule has 0 spiro atoms. The molecule has 0 aliphatic rings. The molecule has 4 nitrogen and oxygen atoms in total. The number of esters is 1. The zero-order chi connectivity index (χ0) is 13.3. The molecule has 0 saturated heterocycles. The number of hydrogen-bond acceptors (Lipinski definition) is 3. The maximum atomic E-state index is 12.0. The highest BCUT2D eigenvalue weighted by atomic mass is 16.5. The van der Waals surface area contributed by atoms with Crippen LogP contribution in [0.1, 0.15) is 28.5 Å². The lowest BCUT2D eigenvalue weighted by atomic mass is 10.0. The molecular formula is C14H15NO3. The number of pyridine rings is 1. The van der Waals surface area contributed by atoms with Crippen LogP contribution in [0, 0.1) is 13.8 Å². The maximum Gasteiger partial charge on any atom is 0.340 e. The zero-order valence-corrected chi connectivity index (χ0v) is 10.7. The number of carbonyl (C=O) groups excluding carboxylic acids is 1. The molecule has 1 aromatic carbocycles. The summed E-state index contributed by atoms with van der Waals surface area (Å²) >= 11 is 0. The van der Waals surface area contributed by atoms with Gasteiger partial charge in [-0.2, -0.15) is 0 Å². The molecule has 0 aliphatic heterocycles. The summed E-state index contributed by atoms with van der Waals surface area (Å²) in [6.45, 7) is 5.69. The van der Waals surface area contributed by atoms with Crippen LogP contribution in [-0.4, -0.2) is 17.6 Å². The number of hydrogen-bond donors (Lipinski definition) is 1. The van der Waals surface area contributed by atoms with Crippen LogP contribution in [0.15, 0.2) is 23.0 Å². The van der Waals surface area contributed by atoms with Crippen molar-refractivity contribution in [3.05, 3.63) is 45.4 Å². The van der Waals surface area contributed by atoms with E-state index in [1.54, 1.807) is 19.9 Å². The van der Waals surface area contributed by atoms with Crippen molar-refractivity contribution in [2.24, 2.45) is 0 Å². The van der Waals surface area contributed by atoms with Crippen molar-refractivity contribution >= 4 is 16.7 Å². The third-order valence-corrected chi connectivity index (χ3v) is 2.84. The fourth-order valence-electron chi connectivity index (χ4n) is 2.03. The first-order valence-electron chi connectivity index (χ1n) is 5.85. The Labute approximate surface area is 105 Å². The Morgan fingerprint density at radius 2 is 2.00 bits per heavy atom. The van der Waals surface area contributed by atoms with Crippen LogP contribution in [-0.2, 0) is 4.74 Å². The van der Waals surface area contributed by atoms with Crippen LogP contribution in [0.5, 0.6) is 0 Å². The van der Waals surface area contributed by atoms with Crippen LogP contribution in [0.4, 0.5) is 0 Å². The number of rotatable bonds is 2. The normalized spacial score (nSPS) is 10.6. The van der Waals surface area contributed by atoms with Gasteiger partial charge < -0.3 is 9.72 Å². The average molecular weight is 245 g/mol. The molecule has 2 rings (SSSR count). The van der Waals surface area contributed by atoms with Crippen molar-refractivity contribution in [2.75, 3.05) is 6.61 Å². The summed E-state index contributed by atoms with van der Waals surface area (Å²) < 4.78 is 5.04. The van der Waals surface area contributed by atoms with Crippen LogP contribution < -0.4 is 5.56 Å². The van der Waals surface area contributed by atoms with Crippen LogP contribution in [0.3, 0.4) is 0 Å². The summed E-state index contributed by atoms with van der Waals surface area (Å²) in [4.78, 5) is 26.5. The van der Waals surface area contributed by atoms with E-state index in [9.17, 15) is 9.59 Å². The summed E-state index contributed by atoms with van der Waals surface area (Å²) in [7, 11) is 0. The molecular weight excluding hydrogens is 230 g/mol. The van der Waals surface area contributed by atoms with E-state index >= 15 is 0 Å². The summed E-state index contributed by atoms with van der Waals surface area (Å²) in [5.41, 5.74) is 1.79. The SMILES string of the molecule is CCOC(=O)c1c(C)[nH]c(=O)c2ccc(C)cc12. The number of benzene rings is 1. The Morgan fingerprint density at radius 3 is 2.67 bits per heavy atom. The minimum Gasteiger partial charge on any atom is -0.462 e. The Bertz CT molecular complexity index is 671. The first kappa shape index (κ1) is 12.4. The van der Waals surface area contributed by atoms with Crippen molar-refractivity contribution in [1.29, 1.82) is 0 Å². The first-order valence-corrected chi connectivity index (χ1v) is 5.85. The number of aryl methyl sites for hydroxylation is 2. The van der Waals surface area contributed by atoms with Gasteiger partial charge in [-0.15, -0.1) is 0 Å². The number of nitrogens with one attached hydrogen (secondary N) is 1. The van der Waals surface area contributed by atoms with E-state index in [0.717, 1.165) is 5.56 Å². The maximum absolute atomic E-state index is 12.0. The predicted octanol–water partition coefficient (Wildman–Crippen LogP) is 2.32.